The predicted molar refractivity (Wildman–Crippen MR) is 189 cm³/mol. The molecule has 2 aliphatic heterocycles. The Labute approximate surface area is 299 Å². The number of carbonyl (C=O) groups excluding carboxylic acids is 7. The number of phenolic OH excluding ortho intramolecular Hbond substituents is 1. The van der Waals surface area contributed by atoms with Gasteiger partial charge in [0.25, 0.3) is 0 Å². The highest BCUT2D eigenvalue weighted by atomic mass is 16.3. The number of nitrogens with one attached hydrogen (secondary N) is 6. The summed E-state index contributed by atoms with van der Waals surface area (Å²) in [5.41, 5.74) is 0.611. The number of carbonyl (C=O) groups is 7. The molecule has 0 radical (unpaired) electrons. The molecule has 3 rings (SSSR count). The third-order valence-electron chi connectivity index (χ3n) is 9.21. The van der Waals surface area contributed by atoms with Gasteiger partial charge in [0.05, 0.1) is 13.1 Å². The summed E-state index contributed by atoms with van der Waals surface area (Å²) >= 11 is 0. The lowest BCUT2D eigenvalue weighted by molar-refractivity contribution is -0.140. The monoisotopic (exact) mass is 713 g/mol. The first-order chi connectivity index (χ1) is 24.1. The Morgan fingerprint density at radius 2 is 1.27 bits per heavy atom. The van der Waals surface area contributed by atoms with Crippen LogP contribution in [0.4, 0.5) is 0 Å². The second-order valence-corrected chi connectivity index (χ2v) is 14.4. The smallest absolute Gasteiger partial charge is 0.243 e. The standard InChI is InChI=1S/C36H55N7O8/c1-7-22(6)31-36(51)41-25(15-20(2)3)32(47)37-18-29(45)39-27(17-23-10-12-24(44)13-11-23)33(48)38-19-30(46)43-14-8-9-28(43)35(50)40-26(16-21(4)5)34(49)42-31/h10-13,20-22,25-28,31,44H,7-9,14-19H2,1-6H3,(H,37,47)(H,38,48)(H,39,45)(H,40,50)(H,41,51)(H,42,49). The molecule has 51 heavy (non-hydrogen) atoms. The van der Waals surface area contributed by atoms with Gasteiger partial charge in [-0.2, -0.15) is 0 Å². The van der Waals surface area contributed by atoms with E-state index in [2.05, 4.69) is 31.9 Å². The Hall–Kier alpha value is -4.69. The molecule has 282 valence electrons. The number of benzene rings is 1. The molecule has 0 bridgehead atoms. The average molecular weight is 714 g/mol. The van der Waals surface area contributed by atoms with E-state index in [1.54, 1.807) is 19.1 Å². The Bertz CT molecular complexity index is 1420. The molecule has 1 aromatic carbocycles. The number of aromatic hydroxyl groups is 1. The molecule has 7 amide bonds. The van der Waals surface area contributed by atoms with Gasteiger partial charge < -0.3 is 41.9 Å². The van der Waals surface area contributed by atoms with Gasteiger partial charge in [-0.05, 0) is 61.1 Å². The molecule has 0 aliphatic carbocycles. The molecule has 2 fully saturated rings. The van der Waals surface area contributed by atoms with Crippen molar-refractivity contribution < 1.29 is 38.7 Å². The number of amides is 7. The van der Waals surface area contributed by atoms with Gasteiger partial charge in [-0.3, -0.25) is 33.6 Å². The van der Waals surface area contributed by atoms with Crippen molar-refractivity contribution in [2.24, 2.45) is 17.8 Å². The highest BCUT2D eigenvalue weighted by Gasteiger charge is 2.38. The van der Waals surface area contributed by atoms with Crippen molar-refractivity contribution in [3.63, 3.8) is 0 Å². The van der Waals surface area contributed by atoms with Crippen LogP contribution in [0.1, 0.15) is 79.2 Å². The van der Waals surface area contributed by atoms with Crippen LogP contribution < -0.4 is 31.9 Å². The molecule has 2 saturated heterocycles. The first-order valence-electron chi connectivity index (χ1n) is 17.9. The summed E-state index contributed by atoms with van der Waals surface area (Å²) in [5, 5.41) is 25.8. The Morgan fingerprint density at radius 1 is 0.706 bits per heavy atom. The van der Waals surface area contributed by atoms with Gasteiger partial charge in [0.2, 0.25) is 41.4 Å². The van der Waals surface area contributed by atoms with Crippen molar-refractivity contribution in [2.75, 3.05) is 19.6 Å². The minimum Gasteiger partial charge on any atom is -0.508 e. The van der Waals surface area contributed by atoms with Gasteiger partial charge in [0.1, 0.15) is 36.0 Å². The van der Waals surface area contributed by atoms with Crippen LogP contribution in [0.25, 0.3) is 0 Å². The van der Waals surface area contributed by atoms with E-state index in [1.165, 1.54) is 17.0 Å². The van der Waals surface area contributed by atoms with Gasteiger partial charge in [-0.1, -0.05) is 60.1 Å². The molecule has 0 saturated carbocycles. The lowest BCUT2D eigenvalue weighted by Crippen LogP contribution is -2.60. The van der Waals surface area contributed by atoms with Crippen LogP contribution in [0.3, 0.4) is 0 Å². The summed E-state index contributed by atoms with van der Waals surface area (Å²) in [6.07, 6.45) is 1.94. The molecular weight excluding hydrogens is 658 g/mol. The fourth-order valence-electron chi connectivity index (χ4n) is 6.23. The lowest BCUT2D eigenvalue weighted by Gasteiger charge is -2.30. The Kier molecular flexibility index (Phi) is 15.2. The maximum absolute atomic E-state index is 13.8. The summed E-state index contributed by atoms with van der Waals surface area (Å²) in [5.74, 6) is -4.50. The highest BCUT2D eigenvalue weighted by Crippen LogP contribution is 2.19. The summed E-state index contributed by atoms with van der Waals surface area (Å²) in [6, 6.07) is 0.955. The van der Waals surface area contributed by atoms with Crippen molar-refractivity contribution in [3.05, 3.63) is 29.8 Å². The van der Waals surface area contributed by atoms with Crippen molar-refractivity contribution >= 4 is 41.4 Å². The SMILES string of the molecule is CCC(C)C1NC(=O)C(CC(C)C)NC(=O)C2CCCN2C(=O)CNC(=O)C(Cc2ccc(O)cc2)NC(=O)CNC(=O)C(CC(C)C)NC1=O. The van der Waals surface area contributed by atoms with E-state index in [1.807, 2.05) is 34.6 Å². The molecular formula is C36H55N7O8. The first-order valence-corrected chi connectivity index (χ1v) is 17.9. The summed E-state index contributed by atoms with van der Waals surface area (Å²) in [6.45, 7) is 10.5. The molecule has 15 nitrogen and oxygen atoms in total. The predicted octanol–water partition coefficient (Wildman–Crippen LogP) is 0.249. The van der Waals surface area contributed by atoms with E-state index >= 15 is 0 Å². The zero-order valence-corrected chi connectivity index (χ0v) is 30.5. The van der Waals surface area contributed by atoms with Crippen molar-refractivity contribution in [1.82, 2.24) is 36.8 Å². The lowest BCUT2D eigenvalue weighted by atomic mass is 9.95. The van der Waals surface area contributed by atoms with Crippen LogP contribution in [-0.4, -0.2) is 101 Å². The van der Waals surface area contributed by atoms with E-state index in [0.717, 1.165) is 0 Å². The van der Waals surface area contributed by atoms with Gasteiger partial charge in [-0.25, -0.2) is 0 Å². The van der Waals surface area contributed by atoms with Crippen LogP contribution in [0, 0.1) is 17.8 Å². The van der Waals surface area contributed by atoms with E-state index < -0.39 is 84.6 Å². The summed E-state index contributed by atoms with van der Waals surface area (Å²) < 4.78 is 0. The van der Waals surface area contributed by atoms with Crippen molar-refractivity contribution in [2.45, 2.75) is 110 Å². The van der Waals surface area contributed by atoms with E-state index in [9.17, 15) is 38.7 Å². The van der Waals surface area contributed by atoms with Crippen molar-refractivity contribution in [3.8, 4) is 5.75 Å². The highest BCUT2D eigenvalue weighted by molar-refractivity contribution is 5.97. The summed E-state index contributed by atoms with van der Waals surface area (Å²) in [4.78, 5) is 95.8. The number of hydrogen-bond acceptors (Lipinski definition) is 8. The van der Waals surface area contributed by atoms with Gasteiger partial charge >= 0.3 is 0 Å². The second kappa shape index (κ2) is 19.1. The molecule has 2 heterocycles. The minimum atomic E-state index is -1.16. The fraction of sp³-hybridized carbons (Fsp3) is 0.639. The van der Waals surface area contributed by atoms with Crippen molar-refractivity contribution in [1.29, 1.82) is 0 Å². The maximum atomic E-state index is 13.8. The van der Waals surface area contributed by atoms with Gasteiger partial charge in [0, 0.05) is 13.0 Å². The van der Waals surface area contributed by atoms with E-state index in [-0.39, 0.29) is 49.3 Å². The minimum absolute atomic E-state index is 0.00658. The van der Waals surface area contributed by atoms with Crippen LogP contribution in [0.2, 0.25) is 0 Å². The average Bonchev–Trinajstić information content (AvgIpc) is 3.57. The molecule has 15 heteroatoms. The zero-order chi connectivity index (χ0) is 37.8. The Balaban J connectivity index is 1.97. The number of nitrogens with zero attached hydrogens (tertiary/aromatic N) is 1. The van der Waals surface area contributed by atoms with E-state index in [4.69, 9.17) is 0 Å². The largest absolute Gasteiger partial charge is 0.508 e. The van der Waals surface area contributed by atoms with Gasteiger partial charge in [-0.15, -0.1) is 0 Å². The topological polar surface area (TPSA) is 215 Å². The van der Waals surface area contributed by atoms with Gasteiger partial charge in [0.15, 0.2) is 0 Å². The second-order valence-electron chi connectivity index (χ2n) is 14.4. The molecule has 1 aromatic rings. The van der Waals surface area contributed by atoms with E-state index in [0.29, 0.717) is 24.8 Å². The zero-order valence-electron chi connectivity index (χ0n) is 30.5. The van der Waals surface area contributed by atoms with Crippen LogP contribution >= 0.6 is 0 Å². The first kappa shape index (κ1) is 40.7. The Morgan fingerprint density at radius 3 is 1.88 bits per heavy atom. The van der Waals surface area contributed by atoms with Crippen LogP contribution in [-0.2, 0) is 40.0 Å². The van der Waals surface area contributed by atoms with Crippen LogP contribution in [0.5, 0.6) is 5.75 Å². The molecule has 6 atom stereocenters. The normalized spacial score (nSPS) is 25.5. The maximum Gasteiger partial charge on any atom is 0.243 e. The third kappa shape index (κ3) is 12.2. The molecule has 6 unspecified atom stereocenters. The van der Waals surface area contributed by atoms with Crippen LogP contribution in [0.15, 0.2) is 24.3 Å². The molecule has 7 N–H and O–H groups in total. The number of rotatable bonds is 8. The third-order valence-corrected chi connectivity index (χ3v) is 9.21. The molecule has 0 aromatic heterocycles. The number of fused-ring (bicyclic) bond motifs is 1. The number of hydrogen-bond donors (Lipinski definition) is 7. The quantitative estimate of drug-likeness (QED) is 0.198. The fourth-order valence-corrected chi connectivity index (χ4v) is 6.23. The number of phenols is 1. The molecule has 2 aliphatic rings. The molecule has 0 spiro atoms. The summed E-state index contributed by atoms with van der Waals surface area (Å²) in [7, 11) is 0.